The van der Waals surface area contributed by atoms with Gasteiger partial charge in [-0.1, -0.05) is 58.3 Å². The van der Waals surface area contributed by atoms with Crippen LogP contribution in [0.25, 0.3) is 0 Å². The standard InChI is InChI=1S/C15H28N2O4/c1-2-3-4-5-6-7-8-9-10-11-13(18)17-15(21)16-12-14(19)20/h2-12H2,1H3,(H,19,20)(H2,16,17,18,21). The molecule has 0 unspecified atom stereocenters. The van der Waals surface area contributed by atoms with E-state index in [1.54, 1.807) is 0 Å². The Morgan fingerprint density at radius 1 is 0.857 bits per heavy atom. The van der Waals surface area contributed by atoms with Crippen LogP contribution in [0.5, 0.6) is 0 Å². The highest BCUT2D eigenvalue weighted by Crippen LogP contribution is 2.10. The summed E-state index contributed by atoms with van der Waals surface area (Å²) in [7, 11) is 0. The van der Waals surface area contributed by atoms with Crippen LogP contribution in [-0.2, 0) is 9.59 Å². The van der Waals surface area contributed by atoms with E-state index in [4.69, 9.17) is 5.11 Å². The third kappa shape index (κ3) is 14.6. The Balaban J connectivity index is 3.37. The van der Waals surface area contributed by atoms with Crippen LogP contribution in [0.4, 0.5) is 4.79 Å². The van der Waals surface area contributed by atoms with Gasteiger partial charge < -0.3 is 10.4 Å². The first-order valence-corrected chi connectivity index (χ1v) is 7.85. The van der Waals surface area contributed by atoms with Crippen molar-refractivity contribution in [3.63, 3.8) is 0 Å². The summed E-state index contributed by atoms with van der Waals surface area (Å²) in [4.78, 5) is 32.7. The average Bonchev–Trinajstić information content (AvgIpc) is 2.43. The van der Waals surface area contributed by atoms with E-state index >= 15 is 0 Å². The molecule has 0 atom stereocenters. The SMILES string of the molecule is CCCCCCCCCCCC(=O)NC(=O)NCC(=O)O. The second kappa shape index (κ2) is 13.4. The molecule has 6 nitrogen and oxygen atoms in total. The number of carbonyl (C=O) groups excluding carboxylic acids is 2. The molecule has 0 rings (SSSR count). The van der Waals surface area contributed by atoms with Crippen LogP contribution in [0.15, 0.2) is 0 Å². The van der Waals surface area contributed by atoms with Crippen molar-refractivity contribution in [3.05, 3.63) is 0 Å². The van der Waals surface area contributed by atoms with Gasteiger partial charge in [0.1, 0.15) is 6.54 Å². The number of unbranched alkanes of at least 4 members (excludes halogenated alkanes) is 8. The Kier molecular flexibility index (Phi) is 12.4. The molecule has 0 aromatic rings. The number of carboxylic acids is 1. The summed E-state index contributed by atoms with van der Waals surface area (Å²) < 4.78 is 0. The number of imide groups is 1. The summed E-state index contributed by atoms with van der Waals surface area (Å²) in [5.41, 5.74) is 0. The van der Waals surface area contributed by atoms with Gasteiger partial charge in [0.2, 0.25) is 5.91 Å². The van der Waals surface area contributed by atoms with Gasteiger partial charge in [-0.15, -0.1) is 0 Å². The van der Waals surface area contributed by atoms with E-state index in [0.717, 1.165) is 19.3 Å². The highest BCUT2D eigenvalue weighted by molar-refractivity contribution is 5.95. The lowest BCUT2D eigenvalue weighted by Gasteiger charge is -2.05. The van der Waals surface area contributed by atoms with Crippen molar-refractivity contribution in [2.75, 3.05) is 6.54 Å². The van der Waals surface area contributed by atoms with Crippen molar-refractivity contribution >= 4 is 17.9 Å². The maximum Gasteiger partial charge on any atom is 0.323 e. The molecule has 0 radical (unpaired) electrons. The molecule has 0 aliphatic carbocycles. The lowest BCUT2D eigenvalue weighted by atomic mass is 10.1. The number of aliphatic carboxylic acids is 1. The van der Waals surface area contributed by atoms with Crippen LogP contribution in [0.1, 0.15) is 71.1 Å². The van der Waals surface area contributed by atoms with Crippen molar-refractivity contribution < 1.29 is 19.5 Å². The number of amides is 3. The Labute approximate surface area is 126 Å². The minimum atomic E-state index is -1.14. The fraction of sp³-hybridized carbons (Fsp3) is 0.800. The first-order chi connectivity index (χ1) is 10.1. The van der Waals surface area contributed by atoms with E-state index in [1.165, 1.54) is 38.5 Å². The maximum absolute atomic E-state index is 11.4. The normalized spacial score (nSPS) is 10.1. The third-order valence-electron chi connectivity index (χ3n) is 3.16. The predicted octanol–water partition coefficient (Wildman–Crippen LogP) is 2.82. The number of rotatable bonds is 12. The zero-order chi connectivity index (χ0) is 15.9. The molecule has 0 heterocycles. The first kappa shape index (κ1) is 19.4. The number of hydrogen-bond donors (Lipinski definition) is 3. The van der Waals surface area contributed by atoms with Gasteiger partial charge in [0, 0.05) is 6.42 Å². The third-order valence-corrected chi connectivity index (χ3v) is 3.16. The molecule has 0 bridgehead atoms. The summed E-state index contributed by atoms with van der Waals surface area (Å²) in [6.07, 6.45) is 10.8. The highest BCUT2D eigenvalue weighted by atomic mass is 16.4. The van der Waals surface area contributed by atoms with E-state index in [2.05, 4.69) is 17.6 Å². The van der Waals surface area contributed by atoms with Crippen molar-refractivity contribution in [1.82, 2.24) is 10.6 Å². The minimum absolute atomic E-state index is 0.302. The van der Waals surface area contributed by atoms with Crippen molar-refractivity contribution in [2.24, 2.45) is 0 Å². The number of hydrogen-bond acceptors (Lipinski definition) is 3. The molecule has 6 heteroatoms. The quantitative estimate of drug-likeness (QED) is 0.483. The van der Waals surface area contributed by atoms with Crippen LogP contribution >= 0.6 is 0 Å². The fourth-order valence-corrected chi connectivity index (χ4v) is 1.99. The molecular weight excluding hydrogens is 272 g/mol. The molecule has 0 aliphatic rings. The van der Waals surface area contributed by atoms with Gasteiger partial charge in [0.15, 0.2) is 0 Å². The van der Waals surface area contributed by atoms with E-state index in [1.807, 2.05) is 0 Å². The second-order valence-corrected chi connectivity index (χ2v) is 5.20. The number of carboxylic acid groups (broad SMARTS) is 1. The molecule has 0 spiro atoms. The molecule has 3 N–H and O–H groups in total. The zero-order valence-electron chi connectivity index (χ0n) is 13.0. The van der Waals surface area contributed by atoms with E-state index < -0.39 is 18.5 Å². The Hall–Kier alpha value is -1.59. The Morgan fingerprint density at radius 3 is 1.90 bits per heavy atom. The molecule has 0 saturated heterocycles. The molecule has 3 amide bonds. The van der Waals surface area contributed by atoms with Gasteiger partial charge in [0.25, 0.3) is 0 Å². The molecule has 0 fully saturated rings. The number of nitrogens with one attached hydrogen (secondary N) is 2. The topological polar surface area (TPSA) is 95.5 Å². The molecule has 0 aromatic carbocycles. The van der Waals surface area contributed by atoms with Gasteiger partial charge in [0.05, 0.1) is 0 Å². The molecular formula is C15H28N2O4. The van der Waals surface area contributed by atoms with Crippen molar-refractivity contribution in [3.8, 4) is 0 Å². The first-order valence-electron chi connectivity index (χ1n) is 7.85. The molecule has 0 aromatic heterocycles. The van der Waals surface area contributed by atoms with Gasteiger partial charge in [-0.25, -0.2) is 4.79 Å². The van der Waals surface area contributed by atoms with E-state index in [9.17, 15) is 14.4 Å². The van der Waals surface area contributed by atoms with E-state index in [-0.39, 0.29) is 5.91 Å². The second-order valence-electron chi connectivity index (χ2n) is 5.20. The summed E-state index contributed by atoms with van der Waals surface area (Å²) in [5.74, 6) is -1.50. The number of carbonyl (C=O) groups is 3. The van der Waals surface area contributed by atoms with Crippen LogP contribution in [0.2, 0.25) is 0 Å². The lowest BCUT2D eigenvalue weighted by Crippen LogP contribution is -2.41. The summed E-state index contributed by atoms with van der Waals surface area (Å²) in [5, 5.41) is 12.5. The smallest absolute Gasteiger partial charge is 0.323 e. The van der Waals surface area contributed by atoms with Gasteiger partial charge in [-0.3, -0.25) is 14.9 Å². The van der Waals surface area contributed by atoms with Crippen molar-refractivity contribution in [2.45, 2.75) is 71.1 Å². The average molecular weight is 300 g/mol. The largest absolute Gasteiger partial charge is 0.480 e. The monoisotopic (exact) mass is 300 g/mol. The van der Waals surface area contributed by atoms with Crippen LogP contribution in [-0.4, -0.2) is 29.6 Å². The lowest BCUT2D eigenvalue weighted by molar-refractivity contribution is -0.135. The summed E-state index contributed by atoms with van der Waals surface area (Å²) in [6.45, 7) is 1.71. The van der Waals surface area contributed by atoms with Crippen LogP contribution < -0.4 is 10.6 Å². The molecule has 122 valence electrons. The maximum atomic E-state index is 11.4. The summed E-state index contributed by atoms with van der Waals surface area (Å²) >= 11 is 0. The van der Waals surface area contributed by atoms with Gasteiger partial charge >= 0.3 is 12.0 Å². The van der Waals surface area contributed by atoms with E-state index in [0.29, 0.717) is 6.42 Å². The molecule has 0 saturated carbocycles. The van der Waals surface area contributed by atoms with Crippen LogP contribution in [0.3, 0.4) is 0 Å². The van der Waals surface area contributed by atoms with Crippen LogP contribution in [0, 0.1) is 0 Å². The van der Waals surface area contributed by atoms with Gasteiger partial charge in [-0.05, 0) is 6.42 Å². The number of urea groups is 1. The highest BCUT2D eigenvalue weighted by Gasteiger charge is 2.07. The zero-order valence-corrected chi connectivity index (χ0v) is 13.0. The Bertz CT molecular complexity index is 319. The summed E-state index contributed by atoms with van der Waals surface area (Å²) in [6, 6.07) is -0.752. The minimum Gasteiger partial charge on any atom is -0.480 e. The Morgan fingerprint density at radius 2 is 1.38 bits per heavy atom. The predicted molar refractivity (Wildman–Crippen MR) is 81.0 cm³/mol. The van der Waals surface area contributed by atoms with Gasteiger partial charge in [-0.2, -0.15) is 0 Å². The van der Waals surface area contributed by atoms with Crippen molar-refractivity contribution in [1.29, 1.82) is 0 Å². The molecule has 21 heavy (non-hydrogen) atoms. The fourth-order valence-electron chi connectivity index (χ4n) is 1.99. The molecule has 0 aliphatic heterocycles.